The topological polar surface area (TPSA) is 78.9 Å². The van der Waals surface area contributed by atoms with Crippen molar-refractivity contribution in [3.8, 4) is 0 Å². The summed E-state index contributed by atoms with van der Waals surface area (Å²) in [5.41, 5.74) is 0. The second-order valence-electron chi connectivity index (χ2n) is 5.00. The van der Waals surface area contributed by atoms with Crippen LogP contribution in [-0.2, 0) is 28.6 Å². The molecule has 2 bridgehead atoms. The van der Waals surface area contributed by atoms with Gasteiger partial charge >= 0.3 is 5.97 Å². The van der Waals surface area contributed by atoms with Crippen molar-refractivity contribution in [2.24, 2.45) is 11.8 Å². The van der Waals surface area contributed by atoms with Gasteiger partial charge in [-0.15, -0.1) is 0 Å². The molecule has 1 saturated carbocycles. The van der Waals surface area contributed by atoms with Gasteiger partial charge in [-0.1, -0.05) is 0 Å². The second kappa shape index (κ2) is 3.86. The Morgan fingerprint density at radius 3 is 2.22 bits per heavy atom. The minimum Gasteiger partial charge on any atom is -0.457 e. The van der Waals surface area contributed by atoms with Crippen LogP contribution in [0.5, 0.6) is 0 Å². The third-order valence-corrected chi connectivity index (χ3v) is 4.05. The van der Waals surface area contributed by atoms with E-state index in [4.69, 9.17) is 14.2 Å². The van der Waals surface area contributed by atoms with Crippen molar-refractivity contribution < 1.29 is 28.6 Å². The highest BCUT2D eigenvalue weighted by Crippen LogP contribution is 2.50. The van der Waals surface area contributed by atoms with Gasteiger partial charge in [-0.05, 0) is 0 Å². The van der Waals surface area contributed by atoms with Crippen LogP contribution in [0.1, 0.15) is 13.3 Å². The number of hydrogen-bond donors (Lipinski definition) is 0. The zero-order chi connectivity index (χ0) is 13.0. The number of ether oxygens (including phenoxy) is 3. The van der Waals surface area contributed by atoms with Crippen LogP contribution in [0.4, 0.5) is 0 Å². The molecule has 3 fully saturated rings. The average molecular weight is 254 g/mol. The molecule has 0 N–H and O–H groups in total. The summed E-state index contributed by atoms with van der Waals surface area (Å²) in [7, 11) is 1.49. The lowest BCUT2D eigenvalue weighted by atomic mass is 9.78. The molecule has 1 aliphatic carbocycles. The molecule has 6 nitrogen and oxygen atoms in total. The first-order chi connectivity index (χ1) is 8.54. The highest BCUT2D eigenvalue weighted by molar-refractivity contribution is 6.09. The minimum absolute atomic E-state index is 0.0328. The number of ketones is 2. The van der Waals surface area contributed by atoms with Crippen molar-refractivity contribution in [1.29, 1.82) is 0 Å². The number of fused-ring (bicyclic) bond motifs is 5. The van der Waals surface area contributed by atoms with Crippen LogP contribution < -0.4 is 0 Å². The zero-order valence-electron chi connectivity index (χ0n) is 10.1. The quantitative estimate of drug-likeness (QED) is 0.488. The lowest BCUT2D eigenvalue weighted by Crippen LogP contribution is -2.50. The van der Waals surface area contributed by atoms with Crippen LogP contribution in [-0.4, -0.2) is 49.1 Å². The Bertz CT molecular complexity index is 430. The highest BCUT2D eigenvalue weighted by atomic mass is 16.6. The number of carbonyl (C=O) groups is 3. The molecule has 0 spiro atoms. The van der Waals surface area contributed by atoms with Gasteiger partial charge in [0.25, 0.3) is 0 Å². The molecule has 98 valence electrons. The first kappa shape index (κ1) is 11.8. The van der Waals surface area contributed by atoms with Crippen molar-refractivity contribution in [1.82, 2.24) is 0 Å². The van der Waals surface area contributed by atoms with E-state index < -0.39 is 42.2 Å². The Hall–Kier alpha value is -1.27. The lowest BCUT2D eigenvalue weighted by molar-refractivity contribution is -0.158. The fourth-order valence-corrected chi connectivity index (χ4v) is 3.47. The maximum Gasteiger partial charge on any atom is 0.303 e. The summed E-state index contributed by atoms with van der Waals surface area (Å²) >= 11 is 0. The van der Waals surface area contributed by atoms with Gasteiger partial charge in [0.05, 0.1) is 24.4 Å². The molecule has 2 saturated heterocycles. The Morgan fingerprint density at radius 2 is 1.72 bits per heavy atom. The van der Waals surface area contributed by atoms with Gasteiger partial charge in [-0.3, -0.25) is 14.4 Å². The number of methoxy groups -OCH3 is 1. The average Bonchev–Trinajstić information content (AvgIpc) is 2.90. The summed E-state index contributed by atoms with van der Waals surface area (Å²) in [5.74, 6) is -1.51. The van der Waals surface area contributed by atoms with Crippen LogP contribution in [0.15, 0.2) is 0 Å². The smallest absolute Gasteiger partial charge is 0.303 e. The second-order valence-corrected chi connectivity index (χ2v) is 5.00. The Kier molecular flexibility index (Phi) is 2.53. The van der Waals surface area contributed by atoms with E-state index in [-0.39, 0.29) is 18.0 Å². The maximum absolute atomic E-state index is 11.8. The fraction of sp³-hybridized carbons (Fsp3) is 0.750. The number of rotatable bonds is 2. The normalized spacial score (nSPS) is 45.4. The zero-order valence-corrected chi connectivity index (χ0v) is 10.1. The van der Waals surface area contributed by atoms with Gasteiger partial charge in [0.1, 0.15) is 23.8 Å². The van der Waals surface area contributed by atoms with Crippen molar-refractivity contribution in [3.63, 3.8) is 0 Å². The molecule has 6 heteroatoms. The highest BCUT2D eigenvalue weighted by Gasteiger charge is 2.67. The summed E-state index contributed by atoms with van der Waals surface area (Å²) in [5, 5.41) is 0. The van der Waals surface area contributed by atoms with Gasteiger partial charge < -0.3 is 14.2 Å². The fourth-order valence-electron chi connectivity index (χ4n) is 3.47. The molecule has 0 aromatic carbocycles. The molecule has 2 heterocycles. The molecular formula is C12H14O6. The standard InChI is InChI=1S/C12H14O6/c1-4(13)17-12-10-8-6(15)3-5(14)7(8)9(18-10)11(12)16-2/h7-12H,3H2,1-2H3. The molecule has 0 amide bonds. The van der Waals surface area contributed by atoms with E-state index in [0.717, 1.165) is 0 Å². The van der Waals surface area contributed by atoms with E-state index in [2.05, 4.69) is 0 Å². The Morgan fingerprint density at radius 1 is 1.17 bits per heavy atom. The van der Waals surface area contributed by atoms with Crippen LogP contribution in [0, 0.1) is 11.8 Å². The molecule has 6 atom stereocenters. The Balaban J connectivity index is 1.91. The molecule has 3 aliphatic rings. The van der Waals surface area contributed by atoms with Crippen LogP contribution in [0.2, 0.25) is 0 Å². The maximum atomic E-state index is 11.8. The van der Waals surface area contributed by atoms with Gasteiger partial charge in [0.15, 0.2) is 6.10 Å². The van der Waals surface area contributed by atoms with E-state index in [1.165, 1.54) is 14.0 Å². The SMILES string of the molecule is COC1C(OC(C)=O)C2OC1C1C(=O)CC(=O)C21. The van der Waals surface area contributed by atoms with Crippen LogP contribution >= 0.6 is 0 Å². The van der Waals surface area contributed by atoms with E-state index in [0.29, 0.717) is 0 Å². The summed E-state index contributed by atoms with van der Waals surface area (Å²) in [6.45, 7) is 1.30. The summed E-state index contributed by atoms with van der Waals surface area (Å²) < 4.78 is 16.1. The van der Waals surface area contributed by atoms with Gasteiger partial charge in [0, 0.05) is 14.0 Å². The van der Waals surface area contributed by atoms with E-state index in [1.807, 2.05) is 0 Å². The van der Waals surface area contributed by atoms with Crippen molar-refractivity contribution >= 4 is 17.5 Å². The molecule has 2 aliphatic heterocycles. The molecule has 0 aromatic heterocycles. The summed E-state index contributed by atoms with van der Waals surface area (Å²) in [6, 6.07) is 0. The van der Waals surface area contributed by atoms with E-state index in [9.17, 15) is 14.4 Å². The largest absolute Gasteiger partial charge is 0.457 e. The molecule has 3 rings (SSSR count). The van der Waals surface area contributed by atoms with E-state index >= 15 is 0 Å². The van der Waals surface area contributed by atoms with Crippen molar-refractivity contribution in [2.75, 3.05) is 7.11 Å². The van der Waals surface area contributed by atoms with Gasteiger partial charge in [-0.2, -0.15) is 0 Å². The number of hydrogen-bond acceptors (Lipinski definition) is 6. The summed E-state index contributed by atoms with van der Waals surface area (Å²) in [4.78, 5) is 34.7. The Labute approximate surface area is 104 Å². The third kappa shape index (κ3) is 1.39. The van der Waals surface area contributed by atoms with Gasteiger partial charge in [-0.25, -0.2) is 0 Å². The molecule has 18 heavy (non-hydrogen) atoms. The summed E-state index contributed by atoms with van der Waals surface area (Å²) in [6.07, 6.45) is -2.08. The first-order valence-corrected chi connectivity index (χ1v) is 5.95. The van der Waals surface area contributed by atoms with Crippen LogP contribution in [0.3, 0.4) is 0 Å². The third-order valence-electron chi connectivity index (χ3n) is 4.05. The van der Waals surface area contributed by atoms with Crippen LogP contribution in [0.25, 0.3) is 0 Å². The van der Waals surface area contributed by atoms with Crippen molar-refractivity contribution in [2.45, 2.75) is 37.8 Å². The molecule has 6 unspecified atom stereocenters. The predicted octanol–water partition coefficient (Wildman–Crippen LogP) is -0.512. The number of carbonyl (C=O) groups excluding carboxylic acids is 3. The predicted molar refractivity (Wildman–Crippen MR) is 56.6 cm³/mol. The van der Waals surface area contributed by atoms with E-state index in [1.54, 1.807) is 0 Å². The first-order valence-electron chi connectivity index (χ1n) is 5.95. The number of Topliss-reactive ketones (excluding diaryl/α,β-unsaturated/α-hetero) is 2. The lowest BCUT2D eigenvalue weighted by Gasteiger charge is -2.31. The molecule has 0 radical (unpaired) electrons. The molecule has 0 aromatic rings. The van der Waals surface area contributed by atoms with Gasteiger partial charge in [0.2, 0.25) is 0 Å². The molecular weight excluding hydrogens is 240 g/mol. The minimum atomic E-state index is -0.589. The number of esters is 1. The van der Waals surface area contributed by atoms with Crippen molar-refractivity contribution in [3.05, 3.63) is 0 Å². The monoisotopic (exact) mass is 254 g/mol.